The van der Waals surface area contributed by atoms with Crippen LogP contribution in [0, 0.1) is 0 Å². The van der Waals surface area contributed by atoms with Gasteiger partial charge in [-0.15, -0.1) is 5.16 Å². The van der Waals surface area contributed by atoms with Gasteiger partial charge < -0.3 is 5.21 Å². The third kappa shape index (κ3) is 2.23. The van der Waals surface area contributed by atoms with E-state index in [4.69, 9.17) is 5.21 Å². The van der Waals surface area contributed by atoms with E-state index in [-0.39, 0.29) is 0 Å². The summed E-state index contributed by atoms with van der Waals surface area (Å²) in [5, 5.41) is 11.1. The molecular formula is C10H11NO. The highest BCUT2D eigenvalue weighted by molar-refractivity contribution is 5.77. The number of hydrogen-bond acceptors (Lipinski definition) is 2. The number of rotatable bonds is 3. The molecule has 1 N–H and O–H groups in total. The maximum absolute atomic E-state index is 8.19. The number of oxime groups is 1. The lowest BCUT2D eigenvalue weighted by Gasteiger charge is -1.99. The summed E-state index contributed by atoms with van der Waals surface area (Å²) < 4.78 is 0. The summed E-state index contributed by atoms with van der Waals surface area (Å²) in [6, 6.07) is 9.82. The van der Waals surface area contributed by atoms with E-state index >= 15 is 0 Å². The molecule has 1 aromatic carbocycles. The Bertz CT molecular complexity index is 277. The van der Waals surface area contributed by atoms with E-state index < -0.39 is 0 Å². The van der Waals surface area contributed by atoms with Gasteiger partial charge in [0, 0.05) is 12.6 Å². The van der Waals surface area contributed by atoms with E-state index in [1.807, 2.05) is 30.3 Å². The zero-order valence-electron chi connectivity index (χ0n) is 6.77. The smallest absolute Gasteiger partial charge is 0.0479 e. The lowest BCUT2D eigenvalue weighted by atomic mass is 10.1. The van der Waals surface area contributed by atoms with E-state index in [1.54, 1.807) is 0 Å². The summed E-state index contributed by atoms with van der Waals surface area (Å²) in [6.07, 6.45) is 2.01. The molecule has 12 heavy (non-hydrogen) atoms. The van der Waals surface area contributed by atoms with Crippen LogP contribution < -0.4 is 0 Å². The molecule has 2 heteroatoms. The largest absolute Gasteiger partial charge is 0.411 e. The van der Waals surface area contributed by atoms with Crippen LogP contribution in [0.4, 0.5) is 0 Å². The van der Waals surface area contributed by atoms with Crippen molar-refractivity contribution in [3.05, 3.63) is 42.5 Å². The van der Waals surface area contributed by atoms with Crippen LogP contribution in [0.3, 0.4) is 0 Å². The second-order valence-electron chi connectivity index (χ2n) is 2.47. The van der Waals surface area contributed by atoms with Crippen molar-refractivity contribution in [3.63, 3.8) is 0 Å². The third-order valence-electron chi connectivity index (χ3n) is 1.60. The molecule has 0 heterocycles. The summed E-state index contributed by atoms with van der Waals surface area (Å²) in [5.41, 5.74) is 2.03. The second-order valence-corrected chi connectivity index (χ2v) is 2.47. The summed E-state index contributed by atoms with van der Waals surface area (Å²) in [4.78, 5) is 0. The Hall–Kier alpha value is -1.57. The quantitative estimate of drug-likeness (QED) is 0.412. The normalized spacial score (nSPS) is 10.3. The van der Waals surface area contributed by atoms with Crippen molar-refractivity contribution >= 4 is 11.8 Å². The molecule has 0 unspecified atom stereocenters. The summed E-state index contributed by atoms with van der Waals surface area (Å²) in [6.45, 7) is 3.86. The van der Waals surface area contributed by atoms with Crippen molar-refractivity contribution in [2.45, 2.75) is 6.42 Å². The molecule has 0 radical (unpaired) electrons. The second kappa shape index (κ2) is 4.34. The summed E-state index contributed by atoms with van der Waals surface area (Å²) >= 11 is 0. The van der Waals surface area contributed by atoms with Gasteiger partial charge in [0.2, 0.25) is 0 Å². The molecule has 0 aliphatic carbocycles. The Kier molecular flexibility index (Phi) is 3.08. The van der Waals surface area contributed by atoms with Crippen LogP contribution in [0.25, 0.3) is 5.57 Å². The van der Waals surface area contributed by atoms with Gasteiger partial charge >= 0.3 is 0 Å². The van der Waals surface area contributed by atoms with Crippen LogP contribution in [0.1, 0.15) is 12.0 Å². The fraction of sp³-hybridized carbons (Fsp3) is 0.100. The highest BCUT2D eigenvalue weighted by atomic mass is 16.4. The van der Waals surface area contributed by atoms with Crippen molar-refractivity contribution in [2.75, 3.05) is 0 Å². The van der Waals surface area contributed by atoms with Gasteiger partial charge in [-0.25, -0.2) is 0 Å². The molecule has 0 saturated heterocycles. The molecule has 0 spiro atoms. The minimum Gasteiger partial charge on any atom is -0.411 e. The van der Waals surface area contributed by atoms with Crippen molar-refractivity contribution in [1.82, 2.24) is 0 Å². The minimum atomic E-state index is 0.584. The Labute approximate surface area is 71.8 Å². The van der Waals surface area contributed by atoms with Crippen molar-refractivity contribution in [3.8, 4) is 0 Å². The first-order valence-electron chi connectivity index (χ1n) is 3.73. The van der Waals surface area contributed by atoms with E-state index in [0.29, 0.717) is 6.42 Å². The average molecular weight is 161 g/mol. The molecule has 0 aliphatic rings. The lowest BCUT2D eigenvalue weighted by molar-refractivity contribution is 0.321. The lowest BCUT2D eigenvalue weighted by Crippen LogP contribution is -1.82. The van der Waals surface area contributed by atoms with Gasteiger partial charge in [0.05, 0.1) is 0 Å². The Balaban J connectivity index is 2.66. The van der Waals surface area contributed by atoms with E-state index in [0.717, 1.165) is 11.1 Å². The SMILES string of the molecule is C=C(C/C=N/O)c1ccccc1. The topological polar surface area (TPSA) is 32.6 Å². The molecule has 0 atom stereocenters. The monoisotopic (exact) mass is 161 g/mol. The summed E-state index contributed by atoms with van der Waals surface area (Å²) in [7, 11) is 0. The highest BCUT2D eigenvalue weighted by Crippen LogP contribution is 2.13. The third-order valence-corrected chi connectivity index (χ3v) is 1.60. The van der Waals surface area contributed by atoms with Crippen LogP contribution in [-0.4, -0.2) is 11.4 Å². The molecule has 0 aliphatic heterocycles. The van der Waals surface area contributed by atoms with E-state index in [1.165, 1.54) is 6.21 Å². The van der Waals surface area contributed by atoms with Gasteiger partial charge in [-0.2, -0.15) is 0 Å². The predicted octanol–water partition coefficient (Wildman–Crippen LogP) is 2.55. The van der Waals surface area contributed by atoms with Gasteiger partial charge in [0.1, 0.15) is 0 Å². The van der Waals surface area contributed by atoms with Crippen LogP contribution in [0.15, 0.2) is 42.1 Å². The van der Waals surface area contributed by atoms with Gasteiger partial charge in [0.25, 0.3) is 0 Å². The maximum Gasteiger partial charge on any atom is 0.0479 e. The minimum absolute atomic E-state index is 0.584. The fourth-order valence-corrected chi connectivity index (χ4v) is 0.943. The Morgan fingerprint density at radius 1 is 1.42 bits per heavy atom. The van der Waals surface area contributed by atoms with Crippen LogP contribution >= 0.6 is 0 Å². The zero-order chi connectivity index (χ0) is 8.81. The van der Waals surface area contributed by atoms with Crippen LogP contribution in [0.2, 0.25) is 0 Å². The van der Waals surface area contributed by atoms with Crippen molar-refractivity contribution in [1.29, 1.82) is 0 Å². The first kappa shape index (κ1) is 8.53. The van der Waals surface area contributed by atoms with E-state index in [9.17, 15) is 0 Å². The standard InChI is InChI=1S/C10H11NO/c1-9(7-8-11-12)10-5-3-2-4-6-10/h2-6,8,12H,1,7H2/b11-8+. The fourth-order valence-electron chi connectivity index (χ4n) is 0.943. The molecule has 1 aromatic rings. The average Bonchev–Trinajstić information content (AvgIpc) is 2.15. The number of hydrogen-bond donors (Lipinski definition) is 1. The molecule has 2 nitrogen and oxygen atoms in total. The number of allylic oxidation sites excluding steroid dienone is 1. The summed E-state index contributed by atoms with van der Waals surface area (Å²) in [5.74, 6) is 0. The van der Waals surface area contributed by atoms with Crippen molar-refractivity contribution < 1.29 is 5.21 Å². The first-order chi connectivity index (χ1) is 5.84. The molecule has 1 rings (SSSR count). The maximum atomic E-state index is 8.19. The zero-order valence-corrected chi connectivity index (χ0v) is 6.77. The molecular weight excluding hydrogens is 150 g/mol. The van der Waals surface area contributed by atoms with Gasteiger partial charge in [0.15, 0.2) is 0 Å². The number of nitrogens with zero attached hydrogens (tertiary/aromatic N) is 1. The predicted molar refractivity (Wildman–Crippen MR) is 50.4 cm³/mol. The first-order valence-corrected chi connectivity index (χ1v) is 3.73. The van der Waals surface area contributed by atoms with Gasteiger partial charge in [-0.3, -0.25) is 0 Å². The molecule has 62 valence electrons. The van der Waals surface area contributed by atoms with Gasteiger partial charge in [-0.05, 0) is 11.1 Å². The van der Waals surface area contributed by atoms with Crippen LogP contribution in [-0.2, 0) is 0 Å². The van der Waals surface area contributed by atoms with Crippen molar-refractivity contribution in [2.24, 2.45) is 5.16 Å². The molecule has 0 saturated carbocycles. The van der Waals surface area contributed by atoms with E-state index in [2.05, 4.69) is 11.7 Å². The molecule has 0 fully saturated rings. The Morgan fingerprint density at radius 2 is 2.08 bits per heavy atom. The number of benzene rings is 1. The molecule has 0 aromatic heterocycles. The van der Waals surface area contributed by atoms with Crippen LogP contribution in [0.5, 0.6) is 0 Å². The highest BCUT2D eigenvalue weighted by Gasteiger charge is 1.94. The molecule has 0 amide bonds. The van der Waals surface area contributed by atoms with Gasteiger partial charge in [-0.1, -0.05) is 36.9 Å². The Morgan fingerprint density at radius 3 is 2.67 bits per heavy atom. The molecule has 0 bridgehead atoms.